The molecule has 0 spiro atoms. The highest BCUT2D eigenvalue weighted by molar-refractivity contribution is 4.82. The molecule has 2 nitrogen and oxygen atoms in total. The SMILES string of the molecule is CCC(CC)C(C)NC1CCN(CC(F)(F)F)CC1. The maximum Gasteiger partial charge on any atom is 0.401 e. The second-order valence-corrected chi connectivity index (χ2v) is 5.70. The fraction of sp³-hybridized carbons (Fsp3) is 1.00. The van der Waals surface area contributed by atoms with Crippen molar-refractivity contribution in [2.24, 2.45) is 5.92 Å². The van der Waals surface area contributed by atoms with Crippen molar-refractivity contribution in [3.05, 3.63) is 0 Å². The second-order valence-electron chi connectivity index (χ2n) is 5.70. The van der Waals surface area contributed by atoms with Crippen molar-refractivity contribution in [3.63, 3.8) is 0 Å². The molecule has 0 saturated carbocycles. The molecule has 1 heterocycles. The van der Waals surface area contributed by atoms with Gasteiger partial charge in [-0.05, 0) is 38.8 Å². The van der Waals surface area contributed by atoms with Gasteiger partial charge in [0.1, 0.15) is 0 Å². The van der Waals surface area contributed by atoms with Crippen molar-refractivity contribution in [2.45, 2.75) is 64.7 Å². The van der Waals surface area contributed by atoms with Crippen LogP contribution in [0.15, 0.2) is 0 Å². The molecule has 5 heteroatoms. The molecule has 1 N–H and O–H groups in total. The molecule has 0 amide bonds. The lowest BCUT2D eigenvalue weighted by Crippen LogP contribution is -2.49. The zero-order valence-corrected chi connectivity index (χ0v) is 12.3. The summed E-state index contributed by atoms with van der Waals surface area (Å²) in [4.78, 5) is 1.51. The summed E-state index contributed by atoms with van der Waals surface area (Å²) in [5, 5.41) is 3.60. The van der Waals surface area contributed by atoms with Gasteiger partial charge >= 0.3 is 6.18 Å². The molecular weight excluding hydrogens is 253 g/mol. The van der Waals surface area contributed by atoms with Gasteiger partial charge in [0, 0.05) is 12.1 Å². The van der Waals surface area contributed by atoms with E-state index in [0.29, 0.717) is 31.1 Å². The van der Waals surface area contributed by atoms with Crippen LogP contribution in [0.1, 0.15) is 46.5 Å². The first kappa shape index (κ1) is 16.8. The van der Waals surface area contributed by atoms with Gasteiger partial charge in [-0.15, -0.1) is 0 Å². The molecule has 19 heavy (non-hydrogen) atoms. The Hall–Kier alpha value is -0.290. The van der Waals surface area contributed by atoms with Gasteiger partial charge in [-0.25, -0.2) is 0 Å². The van der Waals surface area contributed by atoms with Crippen LogP contribution < -0.4 is 5.32 Å². The van der Waals surface area contributed by atoms with Crippen LogP contribution in [0.3, 0.4) is 0 Å². The predicted octanol–water partition coefficient (Wildman–Crippen LogP) is 3.43. The maximum absolute atomic E-state index is 12.3. The lowest BCUT2D eigenvalue weighted by Gasteiger charge is -2.35. The lowest BCUT2D eigenvalue weighted by atomic mass is 9.93. The molecule has 0 bridgehead atoms. The Morgan fingerprint density at radius 3 is 2.11 bits per heavy atom. The Morgan fingerprint density at radius 1 is 1.16 bits per heavy atom. The summed E-state index contributed by atoms with van der Waals surface area (Å²) in [5.41, 5.74) is 0. The Kier molecular flexibility index (Phi) is 6.60. The summed E-state index contributed by atoms with van der Waals surface area (Å²) < 4.78 is 36.9. The normalized spacial score (nSPS) is 21.0. The summed E-state index contributed by atoms with van der Waals surface area (Å²) in [7, 11) is 0. The summed E-state index contributed by atoms with van der Waals surface area (Å²) >= 11 is 0. The molecule has 114 valence electrons. The van der Waals surface area contributed by atoms with Crippen LogP contribution in [-0.2, 0) is 0 Å². The third-order valence-corrected chi connectivity index (χ3v) is 4.24. The van der Waals surface area contributed by atoms with Crippen LogP contribution in [0.2, 0.25) is 0 Å². The van der Waals surface area contributed by atoms with E-state index in [4.69, 9.17) is 0 Å². The average Bonchev–Trinajstić information content (AvgIpc) is 2.31. The molecule has 0 radical (unpaired) electrons. The third-order valence-electron chi connectivity index (χ3n) is 4.24. The molecule has 1 fully saturated rings. The number of piperidine rings is 1. The van der Waals surface area contributed by atoms with Crippen LogP contribution in [0, 0.1) is 5.92 Å². The molecule has 1 unspecified atom stereocenters. The zero-order valence-electron chi connectivity index (χ0n) is 12.3. The first-order valence-electron chi connectivity index (χ1n) is 7.40. The minimum Gasteiger partial charge on any atom is -0.311 e. The van der Waals surface area contributed by atoms with Crippen molar-refractivity contribution in [3.8, 4) is 0 Å². The number of likely N-dealkylation sites (tertiary alicyclic amines) is 1. The molecule has 0 aromatic carbocycles. The smallest absolute Gasteiger partial charge is 0.311 e. The van der Waals surface area contributed by atoms with E-state index in [9.17, 15) is 13.2 Å². The van der Waals surface area contributed by atoms with Gasteiger partial charge in [0.25, 0.3) is 0 Å². The molecule has 1 aliphatic heterocycles. The van der Waals surface area contributed by atoms with Crippen molar-refractivity contribution in [1.82, 2.24) is 10.2 Å². The topological polar surface area (TPSA) is 15.3 Å². The van der Waals surface area contributed by atoms with Crippen LogP contribution in [0.4, 0.5) is 13.2 Å². The van der Waals surface area contributed by atoms with Gasteiger partial charge in [0.15, 0.2) is 0 Å². The molecule has 1 saturated heterocycles. The van der Waals surface area contributed by atoms with Crippen LogP contribution in [0.25, 0.3) is 0 Å². The molecule has 1 atom stereocenters. The minimum atomic E-state index is -4.07. The van der Waals surface area contributed by atoms with E-state index in [-0.39, 0.29) is 0 Å². The van der Waals surface area contributed by atoms with E-state index < -0.39 is 12.7 Å². The van der Waals surface area contributed by atoms with Crippen LogP contribution >= 0.6 is 0 Å². The van der Waals surface area contributed by atoms with Gasteiger partial charge in [-0.2, -0.15) is 13.2 Å². The largest absolute Gasteiger partial charge is 0.401 e. The van der Waals surface area contributed by atoms with Gasteiger partial charge in [0.05, 0.1) is 6.54 Å². The number of halogens is 3. The first-order chi connectivity index (χ1) is 8.85. The first-order valence-corrected chi connectivity index (χ1v) is 7.40. The van der Waals surface area contributed by atoms with E-state index in [1.807, 2.05) is 0 Å². The van der Waals surface area contributed by atoms with Crippen molar-refractivity contribution >= 4 is 0 Å². The maximum atomic E-state index is 12.3. The van der Waals surface area contributed by atoms with Crippen molar-refractivity contribution in [2.75, 3.05) is 19.6 Å². The van der Waals surface area contributed by atoms with Gasteiger partial charge in [0.2, 0.25) is 0 Å². The van der Waals surface area contributed by atoms with Crippen molar-refractivity contribution in [1.29, 1.82) is 0 Å². The summed E-state index contributed by atoms with van der Waals surface area (Å²) in [6.07, 6.45) is -0.126. The highest BCUT2D eigenvalue weighted by Crippen LogP contribution is 2.21. The highest BCUT2D eigenvalue weighted by atomic mass is 19.4. The predicted molar refractivity (Wildman–Crippen MR) is 72.2 cm³/mol. The molecule has 0 aromatic heterocycles. The van der Waals surface area contributed by atoms with Crippen LogP contribution in [0.5, 0.6) is 0 Å². The molecule has 0 aliphatic carbocycles. The number of rotatable bonds is 6. The monoisotopic (exact) mass is 280 g/mol. The summed E-state index contributed by atoms with van der Waals surface area (Å²) in [6, 6.07) is 0.828. The van der Waals surface area contributed by atoms with E-state index >= 15 is 0 Å². The quantitative estimate of drug-likeness (QED) is 0.802. The molecule has 1 rings (SSSR count). The summed E-state index contributed by atoms with van der Waals surface area (Å²) in [5.74, 6) is 0.660. The van der Waals surface area contributed by atoms with E-state index in [1.54, 1.807) is 0 Å². The third kappa shape index (κ3) is 6.13. The van der Waals surface area contributed by atoms with Gasteiger partial charge < -0.3 is 5.32 Å². The summed E-state index contributed by atoms with van der Waals surface area (Å²) in [6.45, 7) is 6.91. The average molecular weight is 280 g/mol. The lowest BCUT2D eigenvalue weighted by molar-refractivity contribution is -0.148. The number of nitrogens with zero attached hydrogens (tertiary/aromatic N) is 1. The molecular formula is C14H27F3N2. The van der Waals surface area contributed by atoms with Gasteiger partial charge in [-0.3, -0.25) is 4.90 Å². The van der Waals surface area contributed by atoms with E-state index in [2.05, 4.69) is 26.1 Å². The Balaban J connectivity index is 2.30. The van der Waals surface area contributed by atoms with Crippen LogP contribution in [-0.4, -0.2) is 42.8 Å². The Labute approximate surface area is 114 Å². The standard InChI is InChI=1S/C14H27F3N2/c1-4-12(5-2)11(3)18-13-6-8-19(9-7-13)10-14(15,16)17/h11-13,18H,4-10H2,1-3H3. The fourth-order valence-electron chi connectivity index (χ4n) is 3.01. The van der Waals surface area contributed by atoms with Crippen molar-refractivity contribution < 1.29 is 13.2 Å². The number of nitrogens with one attached hydrogen (secondary N) is 1. The van der Waals surface area contributed by atoms with Gasteiger partial charge in [-0.1, -0.05) is 26.7 Å². The zero-order chi connectivity index (χ0) is 14.5. The Morgan fingerprint density at radius 2 is 1.68 bits per heavy atom. The Bertz CT molecular complexity index is 244. The number of hydrogen-bond acceptors (Lipinski definition) is 2. The van der Waals surface area contributed by atoms with E-state index in [0.717, 1.165) is 25.7 Å². The second kappa shape index (κ2) is 7.48. The fourth-order valence-corrected chi connectivity index (χ4v) is 3.01. The molecule has 1 aliphatic rings. The number of alkyl halides is 3. The highest BCUT2D eigenvalue weighted by Gasteiger charge is 2.32. The van der Waals surface area contributed by atoms with E-state index in [1.165, 1.54) is 4.90 Å². The minimum absolute atomic E-state index is 0.375. The molecule has 0 aromatic rings. The number of hydrogen-bond donors (Lipinski definition) is 1.